The van der Waals surface area contributed by atoms with Crippen molar-refractivity contribution in [3.05, 3.63) is 48.0 Å². The number of nitrogens with zero attached hydrogens (tertiary/aromatic N) is 2. The minimum atomic E-state index is -4.91. The summed E-state index contributed by atoms with van der Waals surface area (Å²) in [6.45, 7) is 2.13. The molecule has 0 amide bonds. The van der Waals surface area contributed by atoms with E-state index in [-0.39, 0.29) is 31.9 Å². The Balaban J connectivity index is 1.83. The van der Waals surface area contributed by atoms with Gasteiger partial charge in [0.15, 0.2) is 6.29 Å². The molecule has 0 radical (unpaired) electrons. The summed E-state index contributed by atoms with van der Waals surface area (Å²) in [6, 6.07) is 8.83. The van der Waals surface area contributed by atoms with Crippen molar-refractivity contribution in [3.8, 4) is 5.75 Å². The van der Waals surface area contributed by atoms with Crippen LogP contribution in [-0.2, 0) is 20.9 Å². The van der Waals surface area contributed by atoms with E-state index in [4.69, 9.17) is 9.47 Å². The minimum absolute atomic E-state index is 0.149. The molecule has 2 aromatic rings. The first-order valence-corrected chi connectivity index (χ1v) is 14.4. The number of alkyl halides is 5. The van der Waals surface area contributed by atoms with Gasteiger partial charge in [0.05, 0.1) is 23.3 Å². The number of likely N-dealkylation sites (N-methyl/N-ethyl adjacent to an activating group) is 1. The molecule has 40 heavy (non-hydrogen) atoms. The number of ether oxygens (including phenoxy) is 2. The van der Waals surface area contributed by atoms with E-state index >= 15 is 0 Å². The highest BCUT2D eigenvalue weighted by atomic mass is 32.2. The first-order chi connectivity index (χ1) is 18.6. The first kappa shape index (κ1) is 30.5. The standard InChI is InChI=1S/C27H33F5N2O5S/c1-4-38-24(35)26(12-13-26)17-39-22-15-23-21(14-20(22)27(30,31)32)34(18-8-6-5-7-9-18)16-19(10-11-25(2,28)29)33(3)40(23,36)37/h5-9,14-15,19,24,35H,4,10-13,16-17H2,1-3H3/t19-,24?/m1/s1. The van der Waals surface area contributed by atoms with Crippen LogP contribution in [0.2, 0.25) is 0 Å². The smallest absolute Gasteiger partial charge is 0.420 e. The average Bonchev–Trinajstić information content (AvgIpc) is 3.68. The van der Waals surface area contributed by atoms with Crippen molar-refractivity contribution < 1.29 is 45.0 Å². The molecule has 1 N–H and O–H groups in total. The Hall–Kier alpha value is -2.48. The summed E-state index contributed by atoms with van der Waals surface area (Å²) in [4.78, 5) is 0.970. The third-order valence-electron chi connectivity index (χ3n) is 7.46. The van der Waals surface area contributed by atoms with Gasteiger partial charge in [-0.15, -0.1) is 0 Å². The molecule has 1 aliphatic carbocycles. The number of fused-ring (bicyclic) bond motifs is 1. The van der Waals surface area contributed by atoms with Crippen molar-refractivity contribution in [2.24, 2.45) is 5.41 Å². The first-order valence-electron chi connectivity index (χ1n) is 13.0. The van der Waals surface area contributed by atoms with Crippen molar-refractivity contribution in [1.29, 1.82) is 0 Å². The fraction of sp³-hybridized carbons (Fsp3) is 0.556. The van der Waals surface area contributed by atoms with Gasteiger partial charge < -0.3 is 19.5 Å². The molecule has 1 saturated carbocycles. The van der Waals surface area contributed by atoms with E-state index in [0.717, 1.165) is 23.4 Å². The van der Waals surface area contributed by atoms with Crippen LogP contribution in [0.15, 0.2) is 47.4 Å². The van der Waals surface area contributed by atoms with Crippen molar-refractivity contribution in [3.63, 3.8) is 0 Å². The molecular formula is C27H33F5N2O5S. The second kappa shape index (κ2) is 11.1. The summed E-state index contributed by atoms with van der Waals surface area (Å²) < 4.78 is 110. The van der Waals surface area contributed by atoms with Crippen LogP contribution >= 0.6 is 0 Å². The lowest BCUT2D eigenvalue weighted by atomic mass is 10.1. The van der Waals surface area contributed by atoms with E-state index in [2.05, 4.69) is 0 Å². The predicted octanol–water partition coefficient (Wildman–Crippen LogP) is 5.80. The zero-order valence-electron chi connectivity index (χ0n) is 22.4. The molecular weight excluding hydrogens is 559 g/mol. The quantitative estimate of drug-likeness (QED) is 0.278. The Morgan fingerprint density at radius 1 is 1.12 bits per heavy atom. The molecule has 0 saturated heterocycles. The van der Waals surface area contributed by atoms with Gasteiger partial charge in [-0.1, -0.05) is 18.2 Å². The lowest BCUT2D eigenvalue weighted by Crippen LogP contribution is -2.41. The summed E-state index contributed by atoms with van der Waals surface area (Å²) in [5.74, 6) is -3.76. The van der Waals surface area contributed by atoms with Gasteiger partial charge in [0.25, 0.3) is 0 Å². The number of anilines is 2. The molecule has 13 heteroatoms. The van der Waals surface area contributed by atoms with E-state index in [1.807, 2.05) is 0 Å². The summed E-state index contributed by atoms with van der Waals surface area (Å²) in [6.07, 6.45) is -6.05. The maximum absolute atomic E-state index is 14.3. The molecule has 1 fully saturated rings. The lowest BCUT2D eigenvalue weighted by molar-refractivity contribution is -0.150. The minimum Gasteiger partial charge on any atom is -0.492 e. The van der Waals surface area contributed by atoms with E-state index in [1.165, 1.54) is 11.9 Å². The number of hydrogen-bond donors (Lipinski definition) is 1. The zero-order chi connectivity index (χ0) is 29.5. The van der Waals surface area contributed by atoms with E-state index in [0.29, 0.717) is 18.5 Å². The molecule has 2 aliphatic rings. The lowest BCUT2D eigenvalue weighted by Gasteiger charge is -2.30. The second-order valence-corrected chi connectivity index (χ2v) is 12.5. The van der Waals surface area contributed by atoms with Gasteiger partial charge in [0, 0.05) is 44.4 Å². The van der Waals surface area contributed by atoms with Gasteiger partial charge in [-0.3, -0.25) is 0 Å². The van der Waals surface area contributed by atoms with Crippen LogP contribution in [0.1, 0.15) is 45.1 Å². The van der Waals surface area contributed by atoms with Crippen LogP contribution in [0, 0.1) is 5.41 Å². The number of benzene rings is 2. The van der Waals surface area contributed by atoms with Crippen molar-refractivity contribution in [1.82, 2.24) is 4.31 Å². The fourth-order valence-electron chi connectivity index (χ4n) is 4.81. The van der Waals surface area contributed by atoms with Crippen LogP contribution in [0.25, 0.3) is 0 Å². The van der Waals surface area contributed by atoms with Gasteiger partial charge in [-0.05, 0) is 51.3 Å². The molecule has 0 bridgehead atoms. The summed E-state index contributed by atoms with van der Waals surface area (Å²) in [7, 11) is -3.20. The highest BCUT2D eigenvalue weighted by Gasteiger charge is 2.51. The van der Waals surface area contributed by atoms with Crippen LogP contribution in [0.3, 0.4) is 0 Å². The molecule has 2 atom stereocenters. The Bertz CT molecular complexity index is 1300. The van der Waals surface area contributed by atoms with Crippen molar-refractivity contribution in [2.45, 2.75) is 68.9 Å². The van der Waals surface area contributed by atoms with Crippen LogP contribution < -0.4 is 9.64 Å². The molecule has 2 aromatic carbocycles. The van der Waals surface area contributed by atoms with Gasteiger partial charge in [-0.2, -0.15) is 17.5 Å². The van der Waals surface area contributed by atoms with Gasteiger partial charge >= 0.3 is 6.18 Å². The van der Waals surface area contributed by atoms with Crippen molar-refractivity contribution in [2.75, 3.05) is 31.7 Å². The van der Waals surface area contributed by atoms with E-state index in [1.54, 1.807) is 37.3 Å². The molecule has 4 rings (SSSR count). The zero-order valence-corrected chi connectivity index (χ0v) is 23.2. The number of rotatable bonds is 10. The van der Waals surface area contributed by atoms with E-state index in [9.17, 15) is 35.5 Å². The largest absolute Gasteiger partial charge is 0.492 e. The number of para-hydroxylation sites is 1. The maximum Gasteiger partial charge on any atom is 0.420 e. The number of aliphatic hydroxyl groups is 1. The van der Waals surface area contributed by atoms with Crippen LogP contribution in [-0.4, -0.2) is 62.9 Å². The Labute approximate surface area is 230 Å². The Kier molecular flexibility index (Phi) is 8.43. The molecule has 222 valence electrons. The Morgan fingerprint density at radius 2 is 1.77 bits per heavy atom. The number of hydrogen-bond acceptors (Lipinski definition) is 6. The highest BCUT2D eigenvalue weighted by Crippen LogP contribution is 2.51. The average molecular weight is 593 g/mol. The van der Waals surface area contributed by atoms with E-state index < -0.39 is 62.5 Å². The molecule has 0 spiro atoms. The monoisotopic (exact) mass is 592 g/mol. The maximum atomic E-state index is 14.3. The number of aliphatic hydroxyl groups excluding tert-OH is 1. The molecule has 7 nitrogen and oxygen atoms in total. The third-order valence-corrected chi connectivity index (χ3v) is 9.40. The van der Waals surface area contributed by atoms with Gasteiger partial charge in [0.1, 0.15) is 10.6 Å². The Morgan fingerprint density at radius 3 is 2.33 bits per heavy atom. The van der Waals surface area contributed by atoms with Crippen molar-refractivity contribution >= 4 is 21.4 Å². The van der Waals surface area contributed by atoms with Crippen LogP contribution in [0.4, 0.5) is 33.3 Å². The molecule has 1 aliphatic heterocycles. The molecule has 1 heterocycles. The third kappa shape index (κ3) is 6.37. The number of sulfonamides is 1. The highest BCUT2D eigenvalue weighted by molar-refractivity contribution is 7.89. The summed E-state index contributed by atoms with van der Waals surface area (Å²) >= 11 is 0. The predicted molar refractivity (Wildman–Crippen MR) is 138 cm³/mol. The van der Waals surface area contributed by atoms with Crippen LogP contribution in [0.5, 0.6) is 5.75 Å². The topological polar surface area (TPSA) is 79.3 Å². The van der Waals surface area contributed by atoms with Gasteiger partial charge in [-0.25, -0.2) is 17.2 Å². The summed E-state index contributed by atoms with van der Waals surface area (Å²) in [5.41, 5.74) is -1.92. The number of halogens is 5. The molecule has 0 aromatic heterocycles. The molecule has 1 unspecified atom stereocenters. The second-order valence-electron chi connectivity index (χ2n) is 10.5. The summed E-state index contributed by atoms with van der Waals surface area (Å²) in [5, 5.41) is 10.3. The van der Waals surface area contributed by atoms with Gasteiger partial charge in [0.2, 0.25) is 15.9 Å². The normalized spacial score (nSPS) is 21.4. The SMILES string of the molecule is CCOC(O)C1(COc2cc3c(cc2C(F)(F)F)N(c2ccccc2)C[C@@H](CCC(C)(F)F)N(C)S3(=O)=O)CC1. The fourth-order valence-corrected chi connectivity index (χ4v) is 6.37.